The first kappa shape index (κ1) is 17.7. The standard InChI is InChI=1S/C13H23N3S.HI/c1-5-6-8-16(4)13(14-3)15-10-12-11(2)7-9-17-12;/h7,9H,5-6,8,10H2,1-4H3,(H,14,15);1H. The Labute approximate surface area is 132 Å². The first-order valence-corrected chi connectivity index (χ1v) is 7.01. The summed E-state index contributed by atoms with van der Waals surface area (Å²) in [6.07, 6.45) is 2.42. The van der Waals surface area contributed by atoms with Crippen LogP contribution in [0.4, 0.5) is 0 Å². The zero-order valence-electron chi connectivity index (χ0n) is 11.7. The number of guanidine groups is 1. The number of nitrogens with one attached hydrogen (secondary N) is 1. The van der Waals surface area contributed by atoms with Gasteiger partial charge < -0.3 is 10.2 Å². The summed E-state index contributed by atoms with van der Waals surface area (Å²) >= 11 is 1.80. The lowest BCUT2D eigenvalue weighted by molar-refractivity contribution is 0.465. The number of rotatable bonds is 5. The molecule has 0 bridgehead atoms. The van der Waals surface area contributed by atoms with Gasteiger partial charge in [-0.3, -0.25) is 4.99 Å². The molecule has 3 nitrogen and oxygen atoms in total. The minimum Gasteiger partial charge on any atom is -0.351 e. The summed E-state index contributed by atoms with van der Waals surface area (Å²) in [5.41, 5.74) is 1.36. The predicted molar refractivity (Wildman–Crippen MR) is 92.2 cm³/mol. The molecule has 0 fully saturated rings. The van der Waals surface area contributed by atoms with Gasteiger partial charge in [0, 0.05) is 25.5 Å². The van der Waals surface area contributed by atoms with Crippen molar-refractivity contribution in [3.63, 3.8) is 0 Å². The second-order valence-corrected chi connectivity index (χ2v) is 5.20. The quantitative estimate of drug-likeness (QED) is 0.481. The Kier molecular flexibility index (Phi) is 9.45. The summed E-state index contributed by atoms with van der Waals surface area (Å²) in [7, 11) is 3.93. The van der Waals surface area contributed by atoms with Gasteiger partial charge in [-0.25, -0.2) is 0 Å². The summed E-state index contributed by atoms with van der Waals surface area (Å²) in [5, 5.41) is 5.54. The van der Waals surface area contributed by atoms with Crippen molar-refractivity contribution in [1.82, 2.24) is 10.2 Å². The van der Waals surface area contributed by atoms with E-state index in [9.17, 15) is 0 Å². The van der Waals surface area contributed by atoms with Gasteiger partial charge in [0.25, 0.3) is 0 Å². The molecule has 18 heavy (non-hydrogen) atoms. The Bertz CT molecular complexity index is 363. The van der Waals surface area contributed by atoms with Gasteiger partial charge in [0.05, 0.1) is 6.54 Å². The third-order valence-electron chi connectivity index (χ3n) is 2.80. The van der Waals surface area contributed by atoms with E-state index in [0.717, 1.165) is 19.0 Å². The molecule has 1 heterocycles. The van der Waals surface area contributed by atoms with Gasteiger partial charge in [-0.1, -0.05) is 13.3 Å². The highest BCUT2D eigenvalue weighted by atomic mass is 127. The fourth-order valence-electron chi connectivity index (χ4n) is 1.63. The summed E-state index contributed by atoms with van der Waals surface area (Å²) in [4.78, 5) is 7.88. The van der Waals surface area contributed by atoms with Crippen LogP contribution in [0, 0.1) is 6.92 Å². The van der Waals surface area contributed by atoms with Crippen molar-refractivity contribution < 1.29 is 0 Å². The highest BCUT2D eigenvalue weighted by molar-refractivity contribution is 14.0. The van der Waals surface area contributed by atoms with Crippen LogP contribution in [-0.4, -0.2) is 31.5 Å². The van der Waals surface area contributed by atoms with Gasteiger partial charge >= 0.3 is 0 Å². The molecule has 0 unspecified atom stereocenters. The topological polar surface area (TPSA) is 27.6 Å². The van der Waals surface area contributed by atoms with Crippen LogP contribution in [0.25, 0.3) is 0 Å². The van der Waals surface area contributed by atoms with Crippen molar-refractivity contribution in [2.75, 3.05) is 20.6 Å². The largest absolute Gasteiger partial charge is 0.351 e. The number of hydrogen-bond donors (Lipinski definition) is 1. The SMILES string of the molecule is CCCCN(C)C(=NC)NCc1sccc1C.I. The Hall–Kier alpha value is -0.300. The smallest absolute Gasteiger partial charge is 0.193 e. The van der Waals surface area contributed by atoms with Crippen molar-refractivity contribution in [3.05, 3.63) is 21.9 Å². The maximum Gasteiger partial charge on any atom is 0.193 e. The number of aliphatic imine (C=N–C) groups is 1. The lowest BCUT2D eigenvalue weighted by Crippen LogP contribution is -2.38. The summed E-state index contributed by atoms with van der Waals surface area (Å²) in [5.74, 6) is 0.978. The van der Waals surface area contributed by atoms with Gasteiger partial charge in [0.1, 0.15) is 0 Å². The van der Waals surface area contributed by atoms with Crippen LogP contribution in [0.3, 0.4) is 0 Å². The Morgan fingerprint density at radius 3 is 2.72 bits per heavy atom. The maximum atomic E-state index is 4.31. The van der Waals surface area contributed by atoms with E-state index in [0.29, 0.717) is 0 Å². The van der Waals surface area contributed by atoms with E-state index in [4.69, 9.17) is 0 Å². The lowest BCUT2D eigenvalue weighted by atomic mass is 10.3. The van der Waals surface area contributed by atoms with Crippen LogP contribution in [0.2, 0.25) is 0 Å². The molecule has 104 valence electrons. The molecule has 0 saturated heterocycles. The molecule has 0 aromatic carbocycles. The van der Waals surface area contributed by atoms with Gasteiger partial charge in [0.15, 0.2) is 5.96 Å². The summed E-state index contributed by atoms with van der Waals surface area (Å²) in [6, 6.07) is 2.16. The fourth-order valence-corrected chi connectivity index (χ4v) is 2.48. The van der Waals surface area contributed by atoms with Crippen LogP contribution in [-0.2, 0) is 6.54 Å². The molecule has 0 aliphatic rings. The lowest BCUT2D eigenvalue weighted by Gasteiger charge is -2.21. The van der Waals surface area contributed by atoms with E-state index >= 15 is 0 Å². The number of halogens is 1. The fraction of sp³-hybridized carbons (Fsp3) is 0.615. The molecular weight excluding hydrogens is 357 g/mol. The molecule has 1 aromatic rings. The molecule has 0 radical (unpaired) electrons. The highest BCUT2D eigenvalue weighted by Gasteiger charge is 2.06. The van der Waals surface area contributed by atoms with Crippen LogP contribution in [0.1, 0.15) is 30.2 Å². The monoisotopic (exact) mass is 381 g/mol. The average molecular weight is 381 g/mol. The average Bonchev–Trinajstić information content (AvgIpc) is 2.73. The molecule has 0 aliphatic heterocycles. The zero-order valence-corrected chi connectivity index (χ0v) is 14.8. The number of unbranched alkanes of at least 4 members (excludes halogenated alkanes) is 1. The second kappa shape index (κ2) is 9.61. The molecule has 0 atom stereocenters. The van der Waals surface area contributed by atoms with Crippen molar-refractivity contribution >= 4 is 41.3 Å². The van der Waals surface area contributed by atoms with Crippen LogP contribution < -0.4 is 5.32 Å². The highest BCUT2D eigenvalue weighted by Crippen LogP contribution is 2.14. The Balaban J connectivity index is 0.00000289. The van der Waals surface area contributed by atoms with Crippen molar-refractivity contribution in [3.8, 4) is 0 Å². The molecular formula is C13H24IN3S. The van der Waals surface area contributed by atoms with Crippen molar-refractivity contribution in [2.45, 2.75) is 33.2 Å². The first-order chi connectivity index (χ1) is 8.19. The second-order valence-electron chi connectivity index (χ2n) is 4.20. The number of nitrogens with zero attached hydrogens (tertiary/aromatic N) is 2. The van der Waals surface area contributed by atoms with Crippen LogP contribution >= 0.6 is 35.3 Å². The molecule has 0 saturated carbocycles. The molecule has 0 spiro atoms. The van der Waals surface area contributed by atoms with E-state index in [1.54, 1.807) is 11.3 Å². The summed E-state index contributed by atoms with van der Waals surface area (Å²) in [6.45, 7) is 6.28. The molecule has 0 aliphatic carbocycles. The first-order valence-electron chi connectivity index (χ1n) is 6.13. The third-order valence-corrected chi connectivity index (χ3v) is 3.82. The molecule has 1 aromatic heterocycles. The molecule has 5 heteroatoms. The van der Waals surface area contributed by atoms with Gasteiger partial charge in [-0.15, -0.1) is 35.3 Å². The molecule has 0 amide bonds. The number of hydrogen-bond acceptors (Lipinski definition) is 2. The zero-order chi connectivity index (χ0) is 12.7. The number of thiophene rings is 1. The Morgan fingerprint density at radius 2 is 2.22 bits per heavy atom. The summed E-state index contributed by atoms with van der Waals surface area (Å²) < 4.78 is 0. The molecule has 1 rings (SSSR count). The normalized spacial score (nSPS) is 11.0. The van der Waals surface area contributed by atoms with Crippen molar-refractivity contribution in [2.24, 2.45) is 4.99 Å². The minimum atomic E-state index is 0. The van der Waals surface area contributed by atoms with Gasteiger partial charge in [-0.2, -0.15) is 0 Å². The number of aryl methyl sites for hydroxylation is 1. The minimum absolute atomic E-state index is 0. The van der Waals surface area contributed by atoms with E-state index in [1.807, 2.05) is 7.05 Å². The van der Waals surface area contributed by atoms with Crippen LogP contribution in [0.5, 0.6) is 0 Å². The van der Waals surface area contributed by atoms with E-state index in [2.05, 4.69) is 47.6 Å². The third kappa shape index (κ3) is 5.56. The molecule has 1 N–H and O–H groups in total. The van der Waals surface area contributed by atoms with E-state index in [1.165, 1.54) is 23.3 Å². The van der Waals surface area contributed by atoms with E-state index < -0.39 is 0 Å². The predicted octanol–water partition coefficient (Wildman–Crippen LogP) is 3.48. The maximum absolute atomic E-state index is 4.31. The van der Waals surface area contributed by atoms with Crippen molar-refractivity contribution in [1.29, 1.82) is 0 Å². The van der Waals surface area contributed by atoms with Gasteiger partial charge in [0.2, 0.25) is 0 Å². The van der Waals surface area contributed by atoms with Crippen LogP contribution in [0.15, 0.2) is 16.4 Å². The Morgan fingerprint density at radius 1 is 1.50 bits per heavy atom. The van der Waals surface area contributed by atoms with E-state index in [-0.39, 0.29) is 24.0 Å². The van der Waals surface area contributed by atoms with Gasteiger partial charge in [-0.05, 0) is 30.4 Å².